The Balaban J connectivity index is 1.92. The minimum absolute atomic E-state index is 0.220. The molecule has 3 rings (SSSR count). The van der Waals surface area contributed by atoms with Gasteiger partial charge in [0.15, 0.2) is 0 Å². The summed E-state index contributed by atoms with van der Waals surface area (Å²) < 4.78 is 0. The van der Waals surface area contributed by atoms with Crippen molar-refractivity contribution < 1.29 is 0 Å². The first kappa shape index (κ1) is 13.1. The van der Waals surface area contributed by atoms with Gasteiger partial charge in [0.1, 0.15) is 0 Å². The van der Waals surface area contributed by atoms with Crippen LogP contribution in [0.2, 0.25) is 0 Å². The Labute approximate surface area is 121 Å². The summed E-state index contributed by atoms with van der Waals surface area (Å²) in [6, 6.07) is 14.9. The highest BCUT2D eigenvalue weighted by Gasteiger charge is 2.35. The Morgan fingerprint density at radius 3 is 2.65 bits per heavy atom. The molecule has 1 nitrogen and oxygen atoms in total. The van der Waals surface area contributed by atoms with Crippen LogP contribution in [0.25, 0.3) is 6.08 Å². The first-order valence-electron chi connectivity index (χ1n) is 7.40. The van der Waals surface area contributed by atoms with Crippen molar-refractivity contribution in [1.29, 1.82) is 0 Å². The molecule has 1 aromatic heterocycles. The standard InChI is InChI=1S/C19H21N/c1-3-19(2,14-16-9-6-7-13-20-16)18-12-11-15-8-4-5-10-17(15)18/h4-13,18H,3,14H2,1-2H3. The molecule has 1 heteroatoms. The number of rotatable bonds is 4. The van der Waals surface area contributed by atoms with Crippen molar-refractivity contribution in [2.24, 2.45) is 5.41 Å². The molecular formula is C19H21N. The number of pyridine rings is 1. The maximum absolute atomic E-state index is 4.51. The Morgan fingerprint density at radius 2 is 1.90 bits per heavy atom. The SMILES string of the molecule is CCC(C)(Cc1ccccn1)C1C=Cc2ccccc21. The molecule has 0 spiro atoms. The van der Waals surface area contributed by atoms with Crippen molar-refractivity contribution in [3.05, 3.63) is 71.6 Å². The van der Waals surface area contributed by atoms with E-state index in [0.717, 1.165) is 12.8 Å². The number of hydrogen-bond donors (Lipinski definition) is 0. The smallest absolute Gasteiger partial charge is 0.0409 e. The number of fused-ring (bicyclic) bond motifs is 1. The molecule has 1 aliphatic carbocycles. The van der Waals surface area contributed by atoms with Gasteiger partial charge in [0, 0.05) is 17.8 Å². The van der Waals surface area contributed by atoms with E-state index in [-0.39, 0.29) is 5.41 Å². The first-order chi connectivity index (χ1) is 9.73. The van der Waals surface area contributed by atoms with Gasteiger partial charge in [-0.05, 0) is 41.5 Å². The van der Waals surface area contributed by atoms with Crippen molar-refractivity contribution in [3.8, 4) is 0 Å². The van der Waals surface area contributed by atoms with E-state index in [1.165, 1.54) is 16.8 Å². The minimum atomic E-state index is 0.220. The molecule has 2 atom stereocenters. The largest absolute Gasteiger partial charge is 0.261 e. The number of hydrogen-bond acceptors (Lipinski definition) is 1. The van der Waals surface area contributed by atoms with Crippen molar-refractivity contribution in [2.45, 2.75) is 32.6 Å². The highest BCUT2D eigenvalue weighted by molar-refractivity contribution is 5.63. The molecule has 0 fully saturated rings. The summed E-state index contributed by atoms with van der Waals surface area (Å²) in [6.07, 6.45) is 8.70. The molecule has 0 aliphatic heterocycles. The van der Waals surface area contributed by atoms with Gasteiger partial charge in [-0.1, -0.05) is 56.3 Å². The van der Waals surface area contributed by atoms with Gasteiger partial charge in [0.2, 0.25) is 0 Å². The lowest BCUT2D eigenvalue weighted by molar-refractivity contribution is 0.271. The lowest BCUT2D eigenvalue weighted by Crippen LogP contribution is -2.26. The maximum atomic E-state index is 4.51. The number of aromatic nitrogens is 1. The summed E-state index contributed by atoms with van der Waals surface area (Å²) in [5.41, 5.74) is 4.25. The van der Waals surface area contributed by atoms with Gasteiger partial charge in [0.05, 0.1) is 0 Å². The average Bonchev–Trinajstić information content (AvgIpc) is 2.93. The molecular weight excluding hydrogens is 242 g/mol. The third-order valence-corrected chi connectivity index (χ3v) is 4.67. The molecule has 1 aromatic carbocycles. The second-order valence-corrected chi connectivity index (χ2v) is 5.97. The summed E-state index contributed by atoms with van der Waals surface area (Å²) in [5.74, 6) is 0.491. The van der Waals surface area contributed by atoms with E-state index >= 15 is 0 Å². The lowest BCUT2D eigenvalue weighted by atomic mass is 9.70. The van der Waals surface area contributed by atoms with E-state index in [2.05, 4.69) is 67.4 Å². The average molecular weight is 263 g/mol. The lowest BCUT2D eigenvalue weighted by Gasteiger charge is -2.34. The van der Waals surface area contributed by atoms with Crippen LogP contribution in [0.5, 0.6) is 0 Å². The first-order valence-corrected chi connectivity index (χ1v) is 7.40. The molecule has 102 valence electrons. The minimum Gasteiger partial charge on any atom is -0.261 e. The number of allylic oxidation sites excluding steroid dienone is 1. The van der Waals surface area contributed by atoms with Gasteiger partial charge in [-0.25, -0.2) is 0 Å². The van der Waals surface area contributed by atoms with Crippen LogP contribution in [-0.2, 0) is 6.42 Å². The van der Waals surface area contributed by atoms with Crippen molar-refractivity contribution >= 4 is 6.08 Å². The second-order valence-electron chi connectivity index (χ2n) is 5.97. The van der Waals surface area contributed by atoms with Gasteiger partial charge in [0.25, 0.3) is 0 Å². The molecule has 20 heavy (non-hydrogen) atoms. The third kappa shape index (κ3) is 2.29. The van der Waals surface area contributed by atoms with Crippen LogP contribution < -0.4 is 0 Å². The quantitative estimate of drug-likeness (QED) is 0.768. The van der Waals surface area contributed by atoms with Gasteiger partial charge in [-0.2, -0.15) is 0 Å². The Kier molecular flexibility index (Phi) is 3.43. The molecule has 0 N–H and O–H groups in total. The molecule has 1 aliphatic rings. The molecule has 0 bridgehead atoms. The van der Waals surface area contributed by atoms with Crippen LogP contribution in [0.1, 0.15) is 43.0 Å². The van der Waals surface area contributed by atoms with Gasteiger partial charge in [-0.3, -0.25) is 4.98 Å². The predicted molar refractivity (Wildman–Crippen MR) is 84.6 cm³/mol. The summed E-state index contributed by atoms with van der Waals surface area (Å²) in [6.45, 7) is 4.68. The van der Waals surface area contributed by atoms with Crippen molar-refractivity contribution in [1.82, 2.24) is 4.98 Å². The second kappa shape index (κ2) is 5.24. The van der Waals surface area contributed by atoms with Gasteiger partial charge >= 0.3 is 0 Å². The summed E-state index contributed by atoms with van der Waals surface area (Å²) >= 11 is 0. The van der Waals surface area contributed by atoms with Crippen molar-refractivity contribution in [3.63, 3.8) is 0 Å². The monoisotopic (exact) mass is 263 g/mol. The molecule has 0 radical (unpaired) electrons. The van der Waals surface area contributed by atoms with Crippen LogP contribution >= 0.6 is 0 Å². The molecule has 2 aromatic rings. The fraction of sp³-hybridized carbons (Fsp3) is 0.316. The van der Waals surface area contributed by atoms with E-state index in [4.69, 9.17) is 0 Å². The molecule has 2 unspecified atom stereocenters. The fourth-order valence-electron chi connectivity index (χ4n) is 3.23. The molecule has 0 saturated carbocycles. The molecule has 1 heterocycles. The Morgan fingerprint density at radius 1 is 1.10 bits per heavy atom. The summed E-state index contributed by atoms with van der Waals surface area (Å²) in [5, 5.41) is 0. The molecule has 0 saturated heterocycles. The summed E-state index contributed by atoms with van der Waals surface area (Å²) in [4.78, 5) is 4.51. The summed E-state index contributed by atoms with van der Waals surface area (Å²) in [7, 11) is 0. The van der Waals surface area contributed by atoms with E-state index < -0.39 is 0 Å². The van der Waals surface area contributed by atoms with E-state index in [1.807, 2.05) is 12.3 Å². The van der Waals surface area contributed by atoms with Gasteiger partial charge in [-0.15, -0.1) is 0 Å². The number of nitrogens with zero attached hydrogens (tertiary/aromatic N) is 1. The Bertz CT molecular complexity index is 615. The van der Waals surface area contributed by atoms with E-state index in [1.54, 1.807) is 0 Å². The maximum Gasteiger partial charge on any atom is 0.0409 e. The topological polar surface area (TPSA) is 12.9 Å². The zero-order valence-corrected chi connectivity index (χ0v) is 12.2. The highest BCUT2D eigenvalue weighted by atomic mass is 14.7. The van der Waals surface area contributed by atoms with Crippen LogP contribution in [0.3, 0.4) is 0 Å². The zero-order chi connectivity index (χ0) is 14.0. The Hall–Kier alpha value is -1.89. The van der Waals surface area contributed by atoms with Crippen LogP contribution in [-0.4, -0.2) is 4.98 Å². The zero-order valence-electron chi connectivity index (χ0n) is 12.2. The van der Waals surface area contributed by atoms with Gasteiger partial charge < -0.3 is 0 Å². The number of benzene rings is 1. The normalized spacial score (nSPS) is 19.6. The highest BCUT2D eigenvalue weighted by Crippen LogP contribution is 2.46. The fourth-order valence-corrected chi connectivity index (χ4v) is 3.23. The van der Waals surface area contributed by atoms with Crippen LogP contribution in [0.15, 0.2) is 54.7 Å². The third-order valence-electron chi connectivity index (χ3n) is 4.67. The van der Waals surface area contributed by atoms with Crippen LogP contribution in [0.4, 0.5) is 0 Å². The van der Waals surface area contributed by atoms with E-state index in [0.29, 0.717) is 5.92 Å². The van der Waals surface area contributed by atoms with E-state index in [9.17, 15) is 0 Å². The predicted octanol–water partition coefficient (Wildman–Crippen LogP) is 4.85. The molecule has 0 amide bonds. The van der Waals surface area contributed by atoms with Crippen molar-refractivity contribution in [2.75, 3.05) is 0 Å². The van der Waals surface area contributed by atoms with Crippen LogP contribution in [0, 0.1) is 5.41 Å².